The fraction of sp³-hybridized carbons (Fsp3) is 0.917. The highest BCUT2D eigenvalue weighted by Gasteiger charge is 2.42. The molecular weight excluding hydrogens is 202 g/mol. The SMILES string of the molecule is CCC1(C(=O)N(C)C2CCNC2)CCCN1. The van der Waals surface area contributed by atoms with E-state index in [1.807, 2.05) is 11.9 Å². The summed E-state index contributed by atoms with van der Waals surface area (Å²) in [5, 5.41) is 6.73. The molecular formula is C12H23N3O. The van der Waals surface area contributed by atoms with Crippen LogP contribution < -0.4 is 10.6 Å². The van der Waals surface area contributed by atoms with Gasteiger partial charge in [0.2, 0.25) is 5.91 Å². The molecule has 4 nitrogen and oxygen atoms in total. The Morgan fingerprint density at radius 3 is 2.81 bits per heavy atom. The summed E-state index contributed by atoms with van der Waals surface area (Å²) in [7, 11) is 1.96. The first-order valence-corrected chi connectivity index (χ1v) is 6.42. The summed E-state index contributed by atoms with van der Waals surface area (Å²) < 4.78 is 0. The van der Waals surface area contributed by atoms with Crippen molar-refractivity contribution in [3.8, 4) is 0 Å². The molecule has 0 radical (unpaired) electrons. The molecule has 2 heterocycles. The third-order valence-electron chi connectivity index (χ3n) is 4.16. The predicted octanol–water partition coefficient (Wildman–Crippen LogP) is 0.339. The van der Waals surface area contributed by atoms with E-state index in [4.69, 9.17) is 0 Å². The largest absolute Gasteiger partial charge is 0.340 e. The number of carbonyl (C=O) groups is 1. The Balaban J connectivity index is 2.04. The molecule has 92 valence electrons. The first-order chi connectivity index (χ1) is 7.69. The van der Waals surface area contributed by atoms with Crippen LogP contribution in [0, 0.1) is 0 Å². The van der Waals surface area contributed by atoms with Gasteiger partial charge < -0.3 is 15.5 Å². The van der Waals surface area contributed by atoms with E-state index >= 15 is 0 Å². The molecule has 0 spiro atoms. The van der Waals surface area contributed by atoms with Gasteiger partial charge in [-0.25, -0.2) is 0 Å². The maximum Gasteiger partial charge on any atom is 0.242 e. The number of hydrogen-bond donors (Lipinski definition) is 2. The van der Waals surface area contributed by atoms with E-state index in [9.17, 15) is 4.79 Å². The van der Waals surface area contributed by atoms with E-state index < -0.39 is 0 Å². The average molecular weight is 225 g/mol. The van der Waals surface area contributed by atoms with Gasteiger partial charge in [-0.05, 0) is 38.8 Å². The van der Waals surface area contributed by atoms with Gasteiger partial charge in [0.1, 0.15) is 0 Å². The van der Waals surface area contributed by atoms with E-state index in [0.29, 0.717) is 11.9 Å². The normalized spacial score (nSPS) is 34.2. The van der Waals surface area contributed by atoms with Crippen LogP contribution in [0.3, 0.4) is 0 Å². The average Bonchev–Trinajstić information content (AvgIpc) is 2.98. The van der Waals surface area contributed by atoms with Crippen molar-refractivity contribution in [2.45, 2.75) is 44.2 Å². The molecule has 4 heteroatoms. The Morgan fingerprint density at radius 2 is 2.31 bits per heavy atom. The lowest BCUT2D eigenvalue weighted by atomic mass is 9.92. The molecule has 0 aromatic heterocycles. The lowest BCUT2D eigenvalue weighted by molar-refractivity contribution is -0.138. The number of nitrogens with one attached hydrogen (secondary N) is 2. The zero-order chi connectivity index (χ0) is 11.6. The molecule has 2 saturated heterocycles. The van der Waals surface area contributed by atoms with Crippen molar-refractivity contribution >= 4 is 5.91 Å². The van der Waals surface area contributed by atoms with Crippen molar-refractivity contribution in [2.24, 2.45) is 0 Å². The third-order valence-corrected chi connectivity index (χ3v) is 4.16. The second kappa shape index (κ2) is 4.72. The molecule has 0 saturated carbocycles. The Kier molecular flexibility index (Phi) is 3.50. The quantitative estimate of drug-likeness (QED) is 0.728. The van der Waals surface area contributed by atoms with Crippen LogP contribution >= 0.6 is 0 Å². The highest BCUT2D eigenvalue weighted by atomic mass is 16.2. The van der Waals surface area contributed by atoms with Gasteiger partial charge in [0.05, 0.1) is 5.54 Å². The lowest BCUT2D eigenvalue weighted by Crippen LogP contribution is -2.56. The summed E-state index contributed by atoms with van der Waals surface area (Å²) in [6, 6.07) is 0.387. The lowest BCUT2D eigenvalue weighted by Gasteiger charge is -2.34. The summed E-state index contributed by atoms with van der Waals surface area (Å²) in [5.41, 5.74) is -0.267. The predicted molar refractivity (Wildman–Crippen MR) is 64.3 cm³/mol. The molecule has 2 N–H and O–H groups in total. The van der Waals surface area contributed by atoms with Gasteiger partial charge in [-0.1, -0.05) is 6.92 Å². The zero-order valence-electron chi connectivity index (χ0n) is 10.4. The standard InChI is InChI=1S/C12H23N3O/c1-3-12(6-4-7-14-12)11(16)15(2)10-5-8-13-9-10/h10,13-14H,3-9H2,1-2H3. The molecule has 2 aliphatic heterocycles. The van der Waals surface area contributed by atoms with Gasteiger partial charge >= 0.3 is 0 Å². The first kappa shape index (κ1) is 11.9. The van der Waals surface area contributed by atoms with E-state index in [-0.39, 0.29) is 5.54 Å². The smallest absolute Gasteiger partial charge is 0.242 e. The molecule has 0 aliphatic carbocycles. The van der Waals surface area contributed by atoms with Gasteiger partial charge in [-0.2, -0.15) is 0 Å². The maximum atomic E-state index is 12.5. The highest BCUT2D eigenvalue weighted by Crippen LogP contribution is 2.26. The van der Waals surface area contributed by atoms with Gasteiger partial charge in [-0.3, -0.25) is 4.79 Å². The van der Waals surface area contributed by atoms with Crippen molar-refractivity contribution in [3.63, 3.8) is 0 Å². The first-order valence-electron chi connectivity index (χ1n) is 6.42. The summed E-state index contributed by atoms with van der Waals surface area (Å²) in [6.07, 6.45) is 4.10. The molecule has 2 unspecified atom stereocenters. The van der Waals surface area contributed by atoms with E-state index in [0.717, 1.165) is 45.3 Å². The fourth-order valence-corrected chi connectivity index (χ4v) is 2.92. The number of rotatable bonds is 3. The third kappa shape index (κ3) is 1.96. The van der Waals surface area contributed by atoms with Crippen LogP contribution in [0.4, 0.5) is 0 Å². The van der Waals surface area contributed by atoms with E-state index in [1.54, 1.807) is 0 Å². The summed E-state index contributed by atoms with van der Waals surface area (Å²) >= 11 is 0. The maximum absolute atomic E-state index is 12.5. The molecule has 2 atom stereocenters. The monoisotopic (exact) mass is 225 g/mol. The molecule has 2 aliphatic rings. The number of likely N-dealkylation sites (N-methyl/N-ethyl adjacent to an activating group) is 1. The van der Waals surface area contributed by atoms with Crippen molar-refractivity contribution in [1.82, 2.24) is 15.5 Å². The topological polar surface area (TPSA) is 44.4 Å². The van der Waals surface area contributed by atoms with Gasteiger partial charge in [-0.15, -0.1) is 0 Å². The molecule has 1 amide bonds. The molecule has 2 fully saturated rings. The Bertz CT molecular complexity index is 255. The number of nitrogens with zero attached hydrogens (tertiary/aromatic N) is 1. The number of hydrogen-bond acceptors (Lipinski definition) is 3. The number of amides is 1. The highest BCUT2D eigenvalue weighted by molar-refractivity contribution is 5.86. The molecule has 0 bridgehead atoms. The number of carbonyl (C=O) groups excluding carboxylic acids is 1. The van der Waals surface area contributed by atoms with Crippen molar-refractivity contribution < 1.29 is 4.79 Å². The second-order valence-electron chi connectivity index (χ2n) is 5.03. The Labute approximate surface area is 97.8 Å². The minimum Gasteiger partial charge on any atom is -0.340 e. The zero-order valence-corrected chi connectivity index (χ0v) is 10.4. The van der Waals surface area contributed by atoms with Crippen LogP contribution in [0.25, 0.3) is 0 Å². The van der Waals surface area contributed by atoms with Crippen LogP contribution in [-0.4, -0.2) is 49.1 Å². The van der Waals surface area contributed by atoms with Crippen LogP contribution in [0.5, 0.6) is 0 Å². The minimum atomic E-state index is -0.267. The summed E-state index contributed by atoms with van der Waals surface area (Å²) in [5.74, 6) is 0.293. The van der Waals surface area contributed by atoms with E-state index in [2.05, 4.69) is 17.6 Å². The van der Waals surface area contributed by atoms with Crippen molar-refractivity contribution in [1.29, 1.82) is 0 Å². The second-order valence-corrected chi connectivity index (χ2v) is 5.03. The minimum absolute atomic E-state index is 0.267. The van der Waals surface area contributed by atoms with Crippen LogP contribution in [-0.2, 0) is 4.79 Å². The van der Waals surface area contributed by atoms with E-state index in [1.165, 1.54) is 0 Å². The summed E-state index contributed by atoms with van der Waals surface area (Å²) in [4.78, 5) is 14.5. The van der Waals surface area contributed by atoms with Crippen LogP contribution in [0.1, 0.15) is 32.6 Å². The van der Waals surface area contributed by atoms with Gasteiger partial charge in [0.25, 0.3) is 0 Å². The van der Waals surface area contributed by atoms with Crippen molar-refractivity contribution in [3.05, 3.63) is 0 Å². The van der Waals surface area contributed by atoms with Gasteiger partial charge in [0.15, 0.2) is 0 Å². The van der Waals surface area contributed by atoms with Crippen LogP contribution in [0.2, 0.25) is 0 Å². The van der Waals surface area contributed by atoms with Gasteiger partial charge in [0, 0.05) is 19.6 Å². The van der Waals surface area contributed by atoms with Crippen molar-refractivity contribution in [2.75, 3.05) is 26.7 Å². The molecule has 0 aromatic carbocycles. The fourth-order valence-electron chi connectivity index (χ4n) is 2.92. The van der Waals surface area contributed by atoms with Crippen LogP contribution in [0.15, 0.2) is 0 Å². The Hall–Kier alpha value is -0.610. The summed E-state index contributed by atoms with van der Waals surface area (Å²) in [6.45, 7) is 5.07. The Morgan fingerprint density at radius 1 is 1.50 bits per heavy atom. The molecule has 2 rings (SSSR count). The molecule has 16 heavy (non-hydrogen) atoms. The molecule has 0 aromatic rings.